The van der Waals surface area contributed by atoms with Crippen LogP contribution in [-0.2, 0) is 0 Å². The van der Waals surface area contributed by atoms with Gasteiger partial charge in [0.2, 0.25) is 5.95 Å². The molecule has 0 fully saturated rings. The van der Waals surface area contributed by atoms with Crippen molar-refractivity contribution in [3.8, 4) is 0 Å². The largest absolute Gasteiger partial charge is 0.342 e. The van der Waals surface area contributed by atoms with Crippen LogP contribution in [0.15, 0.2) is 30.6 Å². The van der Waals surface area contributed by atoms with E-state index in [1.54, 1.807) is 11.9 Å². The maximum absolute atomic E-state index is 13.1. The summed E-state index contributed by atoms with van der Waals surface area (Å²) in [6.45, 7) is 2.77. The van der Waals surface area contributed by atoms with E-state index in [0.29, 0.717) is 23.7 Å². The van der Waals surface area contributed by atoms with E-state index in [1.807, 2.05) is 0 Å². The number of nitrogens with one attached hydrogen (secondary N) is 1. The van der Waals surface area contributed by atoms with Gasteiger partial charge in [-0.05, 0) is 24.6 Å². The van der Waals surface area contributed by atoms with Gasteiger partial charge in [0.25, 0.3) is 5.91 Å². The van der Waals surface area contributed by atoms with Gasteiger partial charge in [0.15, 0.2) is 0 Å². The number of anilines is 2. The van der Waals surface area contributed by atoms with Crippen molar-refractivity contribution in [3.63, 3.8) is 0 Å². The molecule has 5 nitrogen and oxygen atoms in total. The molecule has 1 heterocycles. The maximum Gasteiger partial charge on any atom is 0.256 e. The third-order valence-corrected chi connectivity index (χ3v) is 3.56. The molecule has 0 spiro atoms. The van der Waals surface area contributed by atoms with Gasteiger partial charge in [-0.2, -0.15) is 0 Å². The van der Waals surface area contributed by atoms with Crippen molar-refractivity contribution in [2.45, 2.75) is 19.8 Å². The zero-order valence-electron chi connectivity index (χ0n) is 13.0. The Bertz CT molecular complexity index is 678. The van der Waals surface area contributed by atoms with Crippen LogP contribution in [0, 0.1) is 5.82 Å². The number of amides is 1. The first kappa shape index (κ1) is 17.1. The molecule has 1 aromatic carbocycles. The average molecular weight is 337 g/mol. The molecule has 2 aromatic rings. The van der Waals surface area contributed by atoms with Crippen LogP contribution in [0.25, 0.3) is 0 Å². The predicted octanol–water partition coefficient (Wildman–Crippen LogP) is 3.88. The van der Waals surface area contributed by atoms with Crippen molar-refractivity contribution in [1.82, 2.24) is 14.9 Å². The summed E-state index contributed by atoms with van der Waals surface area (Å²) >= 11 is 5.72. The normalized spacial score (nSPS) is 10.4. The van der Waals surface area contributed by atoms with Crippen molar-refractivity contribution in [2.75, 3.05) is 18.9 Å². The number of benzene rings is 1. The van der Waals surface area contributed by atoms with Gasteiger partial charge in [-0.3, -0.25) is 4.79 Å². The second-order valence-corrected chi connectivity index (χ2v) is 5.54. The summed E-state index contributed by atoms with van der Waals surface area (Å²) in [4.78, 5) is 22.0. The molecule has 0 aliphatic rings. The topological polar surface area (TPSA) is 58.1 Å². The quantitative estimate of drug-likeness (QED) is 0.869. The Labute approximate surface area is 139 Å². The zero-order chi connectivity index (χ0) is 16.8. The molecule has 0 saturated heterocycles. The minimum Gasteiger partial charge on any atom is -0.342 e. The lowest BCUT2D eigenvalue weighted by Crippen LogP contribution is -2.27. The highest BCUT2D eigenvalue weighted by molar-refractivity contribution is 6.31. The van der Waals surface area contributed by atoms with Crippen LogP contribution in [0.4, 0.5) is 16.0 Å². The summed E-state index contributed by atoms with van der Waals surface area (Å²) in [6.07, 6.45) is 4.90. The number of hydrogen-bond donors (Lipinski definition) is 1. The molecule has 1 amide bonds. The van der Waals surface area contributed by atoms with E-state index in [-0.39, 0.29) is 10.9 Å². The van der Waals surface area contributed by atoms with Crippen LogP contribution in [-0.4, -0.2) is 34.4 Å². The van der Waals surface area contributed by atoms with Gasteiger partial charge in [-0.25, -0.2) is 14.4 Å². The fourth-order valence-corrected chi connectivity index (χ4v) is 2.10. The number of carbonyl (C=O) groups excluding carboxylic acids is 1. The van der Waals surface area contributed by atoms with Gasteiger partial charge in [0.1, 0.15) is 5.82 Å². The first-order valence-corrected chi connectivity index (χ1v) is 7.68. The molecule has 0 bridgehead atoms. The lowest BCUT2D eigenvalue weighted by molar-refractivity contribution is 0.0792. The first-order valence-electron chi connectivity index (χ1n) is 7.31. The minimum absolute atomic E-state index is 0.0133. The van der Waals surface area contributed by atoms with Crippen LogP contribution >= 0.6 is 11.6 Å². The lowest BCUT2D eigenvalue weighted by atomic mass is 10.2. The summed E-state index contributed by atoms with van der Waals surface area (Å²) in [5.41, 5.74) is 0.988. The van der Waals surface area contributed by atoms with Crippen LogP contribution in [0.3, 0.4) is 0 Å². The molecule has 1 N–H and O–H groups in total. The first-order chi connectivity index (χ1) is 11.0. The number of halogens is 2. The number of nitrogens with zero attached hydrogens (tertiary/aromatic N) is 3. The molecule has 23 heavy (non-hydrogen) atoms. The molecule has 1 aromatic heterocycles. The van der Waals surface area contributed by atoms with Crippen molar-refractivity contribution < 1.29 is 9.18 Å². The summed E-state index contributed by atoms with van der Waals surface area (Å²) in [6, 6.07) is 4.23. The Hall–Kier alpha value is -2.21. The number of carbonyl (C=O) groups is 1. The van der Waals surface area contributed by atoms with E-state index in [1.165, 1.54) is 30.6 Å². The summed E-state index contributed by atoms with van der Waals surface area (Å²) in [5, 5.41) is 2.92. The van der Waals surface area contributed by atoms with E-state index in [9.17, 15) is 9.18 Å². The summed E-state index contributed by atoms with van der Waals surface area (Å²) < 4.78 is 13.1. The molecule has 0 atom stereocenters. The van der Waals surface area contributed by atoms with Gasteiger partial charge in [0.05, 0.1) is 10.6 Å². The molecule has 2 rings (SSSR count). The predicted molar refractivity (Wildman–Crippen MR) is 88.6 cm³/mol. The molecule has 0 saturated carbocycles. The second kappa shape index (κ2) is 7.87. The Kier molecular flexibility index (Phi) is 5.87. The van der Waals surface area contributed by atoms with Crippen LogP contribution in [0.2, 0.25) is 5.02 Å². The second-order valence-electron chi connectivity index (χ2n) is 5.13. The molecule has 7 heteroatoms. The van der Waals surface area contributed by atoms with Gasteiger partial charge in [-0.15, -0.1) is 0 Å². The molecule has 122 valence electrons. The number of unbranched alkanes of at least 4 members (excludes halogenated alkanes) is 1. The number of hydrogen-bond acceptors (Lipinski definition) is 4. The third kappa shape index (κ3) is 4.63. The fourth-order valence-electron chi connectivity index (χ4n) is 1.92. The third-order valence-electron chi connectivity index (χ3n) is 3.27. The monoisotopic (exact) mass is 336 g/mol. The van der Waals surface area contributed by atoms with Gasteiger partial charge in [-0.1, -0.05) is 24.9 Å². The van der Waals surface area contributed by atoms with Crippen molar-refractivity contribution in [3.05, 3.63) is 47.0 Å². The Morgan fingerprint density at radius 2 is 2.04 bits per heavy atom. The molecule has 0 radical (unpaired) electrons. The fraction of sp³-hybridized carbons (Fsp3) is 0.312. The Morgan fingerprint density at radius 3 is 2.65 bits per heavy atom. The van der Waals surface area contributed by atoms with Gasteiger partial charge < -0.3 is 10.2 Å². The molecule has 0 aliphatic carbocycles. The van der Waals surface area contributed by atoms with Crippen molar-refractivity contribution >= 4 is 29.1 Å². The highest BCUT2D eigenvalue weighted by atomic mass is 35.5. The Morgan fingerprint density at radius 1 is 1.35 bits per heavy atom. The number of rotatable bonds is 6. The standard InChI is InChI=1S/C16H18ClFN4O/c1-3-4-7-22(2)15(23)11-9-19-16(20-10-11)21-12-5-6-14(18)13(17)8-12/h5-6,8-10H,3-4,7H2,1-2H3,(H,19,20,21). The maximum atomic E-state index is 13.1. The summed E-state index contributed by atoms with van der Waals surface area (Å²) in [7, 11) is 1.75. The number of aromatic nitrogens is 2. The minimum atomic E-state index is -0.491. The van der Waals surface area contributed by atoms with Crippen LogP contribution in [0.1, 0.15) is 30.1 Å². The Balaban J connectivity index is 2.04. The zero-order valence-corrected chi connectivity index (χ0v) is 13.8. The van der Waals surface area contributed by atoms with Gasteiger partial charge in [0, 0.05) is 31.7 Å². The summed E-state index contributed by atoms with van der Waals surface area (Å²) in [5.74, 6) is -0.301. The van der Waals surface area contributed by atoms with Crippen LogP contribution in [0.5, 0.6) is 0 Å². The molecular formula is C16H18ClFN4O. The lowest BCUT2D eigenvalue weighted by Gasteiger charge is -2.16. The van der Waals surface area contributed by atoms with E-state index in [0.717, 1.165) is 12.8 Å². The SMILES string of the molecule is CCCCN(C)C(=O)c1cnc(Nc2ccc(F)c(Cl)c2)nc1. The highest BCUT2D eigenvalue weighted by Gasteiger charge is 2.12. The molecule has 0 unspecified atom stereocenters. The van der Waals surface area contributed by atoms with Crippen molar-refractivity contribution in [1.29, 1.82) is 0 Å². The highest BCUT2D eigenvalue weighted by Crippen LogP contribution is 2.21. The van der Waals surface area contributed by atoms with E-state index >= 15 is 0 Å². The average Bonchev–Trinajstić information content (AvgIpc) is 2.56. The van der Waals surface area contributed by atoms with E-state index in [4.69, 9.17) is 11.6 Å². The van der Waals surface area contributed by atoms with E-state index < -0.39 is 5.82 Å². The van der Waals surface area contributed by atoms with Crippen molar-refractivity contribution in [2.24, 2.45) is 0 Å². The smallest absolute Gasteiger partial charge is 0.256 e. The van der Waals surface area contributed by atoms with E-state index in [2.05, 4.69) is 22.2 Å². The van der Waals surface area contributed by atoms with Gasteiger partial charge >= 0.3 is 0 Å². The molecular weight excluding hydrogens is 319 g/mol. The molecule has 0 aliphatic heterocycles. The van der Waals surface area contributed by atoms with Crippen LogP contribution < -0.4 is 5.32 Å².